The van der Waals surface area contributed by atoms with Crippen molar-refractivity contribution in [2.45, 2.75) is 0 Å². The first kappa shape index (κ1) is 21.5. The van der Waals surface area contributed by atoms with Gasteiger partial charge in [0.25, 0.3) is 5.91 Å². The Morgan fingerprint density at radius 2 is 1.59 bits per heavy atom. The third-order valence-electron chi connectivity index (χ3n) is 5.39. The molecule has 1 aliphatic heterocycles. The number of anilines is 1. The molecule has 0 aliphatic carbocycles. The topological polar surface area (TPSA) is 67.8 Å². The molecule has 9 heteroatoms. The maximum atomic E-state index is 13.4. The van der Waals surface area contributed by atoms with E-state index in [0.717, 1.165) is 17.7 Å². The summed E-state index contributed by atoms with van der Waals surface area (Å²) in [6.07, 6.45) is 0. The Bertz CT molecular complexity index is 1120. The van der Waals surface area contributed by atoms with E-state index in [1.807, 2.05) is 35.2 Å². The van der Waals surface area contributed by atoms with Crippen LogP contribution in [0.3, 0.4) is 0 Å². The summed E-state index contributed by atoms with van der Waals surface area (Å²) in [7, 11) is 3.16. The maximum Gasteiger partial charge on any atom is 0.254 e. The van der Waals surface area contributed by atoms with E-state index in [0.29, 0.717) is 49.2 Å². The first-order valence-electron chi connectivity index (χ1n) is 10.1. The molecule has 0 unspecified atom stereocenters. The van der Waals surface area contributed by atoms with Crippen molar-refractivity contribution >= 4 is 11.7 Å². The van der Waals surface area contributed by atoms with E-state index in [-0.39, 0.29) is 11.5 Å². The number of hydrogen-bond donors (Lipinski definition) is 0. The molecule has 1 aromatic heterocycles. The van der Waals surface area contributed by atoms with Crippen LogP contribution in [0.4, 0.5) is 14.6 Å². The van der Waals surface area contributed by atoms with Gasteiger partial charge in [0.05, 0.1) is 19.9 Å². The average molecular weight is 440 g/mol. The molecule has 32 heavy (non-hydrogen) atoms. The minimum atomic E-state index is -1.03. The monoisotopic (exact) mass is 440 g/mol. The first-order chi connectivity index (χ1) is 15.5. The van der Waals surface area contributed by atoms with Crippen LogP contribution in [-0.4, -0.2) is 61.4 Å². The van der Waals surface area contributed by atoms with Crippen LogP contribution in [0, 0.1) is 11.6 Å². The number of hydrogen-bond acceptors (Lipinski definition) is 6. The van der Waals surface area contributed by atoms with E-state index in [4.69, 9.17) is 9.47 Å². The zero-order valence-electron chi connectivity index (χ0n) is 17.7. The lowest BCUT2D eigenvalue weighted by Gasteiger charge is -2.35. The Balaban J connectivity index is 1.41. The standard InChI is InChI=1S/C23H22F2N4O3/c1-31-20-7-4-15(14-21(20)32-2)19-6-8-22(27-26-19)28-9-11-29(12-10-28)23(30)16-3-5-17(24)18(25)13-16/h3-8,13-14H,9-12H2,1-2H3. The van der Waals surface area contributed by atoms with Crippen molar-refractivity contribution in [3.8, 4) is 22.8 Å². The van der Waals surface area contributed by atoms with Crippen LogP contribution in [0.2, 0.25) is 0 Å². The predicted octanol–water partition coefficient (Wildman–Crippen LogP) is 3.40. The number of benzene rings is 2. The summed E-state index contributed by atoms with van der Waals surface area (Å²) in [6.45, 7) is 1.99. The van der Waals surface area contributed by atoms with Gasteiger partial charge in [-0.1, -0.05) is 0 Å². The molecular weight excluding hydrogens is 418 g/mol. The molecule has 1 aliphatic rings. The van der Waals surface area contributed by atoms with E-state index in [1.54, 1.807) is 19.1 Å². The van der Waals surface area contributed by atoms with Gasteiger partial charge in [-0.2, -0.15) is 0 Å². The fourth-order valence-corrected chi connectivity index (χ4v) is 3.59. The molecule has 1 saturated heterocycles. The lowest BCUT2D eigenvalue weighted by atomic mass is 10.1. The van der Waals surface area contributed by atoms with E-state index in [9.17, 15) is 13.6 Å². The molecule has 4 rings (SSSR count). The predicted molar refractivity (Wildman–Crippen MR) is 115 cm³/mol. The smallest absolute Gasteiger partial charge is 0.254 e. The maximum absolute atomic E-state index is 13.4. The lowest BCUT2D eigenvalue weighted by Crippen LogP contribution is -2.49. The van der Waals surface area contributed by atoms with Gasteiger partial charge < -0.3 is 19.3 Å². The van der Waals surface area contributed by atoms with Crippen molar-refractivity contribution in [1.82, 2.24) is 15.1 Å². The van der Waals surface area contributed by atoms with Crippen LogP contribution in [0.1, 0.15) is 10.4 Å². The number of ether oxygens (including phenoxy) is 2. The summed E-state index contributed by atoms with van der Waals surface area (Å²) in [5.41, 5.74) is 1.68. The molecule has 1 fully saturated rings. The van der Waals surface area contributed by atoms with Crippen molar-refractivity contribution in [3.05, 3.63) is 65.7 Å². The Labute approximate surface area is 184 Å². The van der Waals surface area contributed by atoms with Gasteiger partial charge >= 0.3 is 0 Å². The molecule has 2 aromatic carbocycles. The van der Waals surface area contributed by atoms with Gasteiger partial charge in [0, 0.05) is 37.3 Å². The highest BCUT2D eigenvalue weighted by Crippen LogP contribution is 2.31. The molecule has 7 nitrogen and oxygen atoms in total. The van der Waals surface area contributed by atoms with Crippen LogP contribution in [0.15, 0.2) is 48.5 Å². The van der Waals surface area contributed by atoms with E-state index < -0.39 is 11.6 Å². The molecule has 166 valence electrons. The molecule has 3 aromatic rings. The molecule has 0 N–H and O–H groups in total. The fraction of sp³-hybridized carbons (Fsp3) is 0.261. The van der Waals surface area contributed by atoms with Crippen molar-refractivity contribution < 1.29 is 23.0 Å². The molecule has 0 bridgehead atoms. The normalized spacial score (nSPS) is 13.8. The molecular formula is C23H22F2N4O3. The SMILES string of the molecule is COc1ccc(-c2ccc(N3CCN(C(=O)c4ccc(F)c(F)c4)CC3)nn2)cc1OC. The van der Waals surface area contributed by atoms with Crippen LogP contribution in [-0.2, 0) is 0 Å². The number of amides is 1. The minimum Gasteiger partial charge on any atom is -0.493 e. The molecule has 1 amide bonds. The number of rotatable bonds is 5. The van der Waals surface area contributed by atoms with Crippen LogP contribution in [0.25, 0.3) is 11.3 Å². The lowest BCUT2D eigenvalue weighted by molar-refractivity contribution is 0.0746. The van der Waals surface area contributed by atoms with Crippen LogP contribution >= 0.6 is 0 Å². The number of carbonyl (C=O) groups excluding carboxylic acids is 1. The number of aromatic nitrogens is 2. The second kappa shape index (κ2) is 9.17. The highest BCUT2D eigenvalue weighted by atomic mass is 19.2. The number of piperazine rings is 1. The van der Waals surface area contributed by atoms with Crippen LogP contribution in [0.5, 0.6) is 11.5 Å². The summed E-state index contributed by atoms with van der Waals surface area (Å²) < 4.78 is 37.2. The van der Waals surface area contributed by atoms with Gasteiger partial charge in [0.1, 0.15) is 0 Å². The largest absolute Gasteiger partial charge is 0.493 e. The number of nitrogens with zero attached hydrogens (tertiary/aromatic N) is 4. The van der Waals surface area contributed by atoms with Gasteiger partial charge in [-0.05, 0) is 48.5 Å². The van der Waals surface area contributed by atoms with Crippen LogP contribution < -0.4 is 14.4 Å². The zero-order chi connectivity index (χ0) is 22.7. The Morgan fingerprint density at radius 3 is 2.22 bits per heavy atom. The number of carbonyl (C=O) groups is 1. The number of halogens is 2. The van der Waals surface area contributed by atoms with E-state index in [1.165, 1.54) is 6.07 Å². The minimum absolute atomic E-state index is 0.136. The molecule has 0 radical (unpaired) electrons. The Hall–Kier alpha value is -3.75. The fourth-order valence-electron chi connectivity index (χ4n) is 3.59. The summed E-state index contributed by atoms with van der Waals surface area (Å²) in [5, 5.41) is 8.66. The van der Waals surface area contributed by atoms with Crippen molar-refractivity contribution in [2.24, 2.45) is 0 Å². The Morgan fingerprint density at radius 1 is 0.844 bits per heavy atom. The zero-order valence-corrected chi connectivity index (χ0v) is 17.7. The summed E-state index contributed by atoms with van der Waals surface area (Å²) in [6, 6.07) is 12.5. The third-order valence-corrected chi connectivity index (χ3v) is 5.39. The third kappa shape index (κ3) is 4.32. The highest BCUT2D eigenvalue weighted by molar-refractivity contribution is 5.94. The average Bonchev–Trinajstić information content (AvgIpc) is 2.85. The van der Waals surface area contributed by atoms with Crippen molar-refractivity contribution in [2.75, 3.05) is 45.3 Å². The molecule has 0 spiro atoms. The van der Waals surface area contributed by atoms with E-state index in [2.05, 4.69) is 10.2 Å². The second-order valence-corrected chi connectivity index (χ2v) is 7.25. The van der Waals surface area contributed by atoms with Crippen molar-refractivity contribution in [1.29, 1.82) is 0 Å². The summed E-state index contributed by atoms with van der Waals surface area (Å²) >= 11 is 0. The quantitative estimate of drug-likeness (QED) is 0.606. The van der Waals surface area contributed by atoms with Crippen molar-refractivity contribution in [3.63, 3.8) is 0 Å². The first-order valence-corrected chi connectivity index (χ1v) is 10.1. The summed E-state index contributed by atoms with van der Waals surface area (Å²) in [5.74, 6) is -0.372. The molecule has 0 atom stereocenters. The molecule has 0 saturated carbocycles. The van der Waals surface area contributed by atoms with Gasteiger partial charge in [0.15, 0.2) is 29.0 Å². The van der Waals surface area contributed by atoms with Gasteiger partial charge in [0.2, 0.25) is 0 Å². The van der Waals surface area contributed by atoms with Gasteiger partial charge in [-0.3, -0.25) is 4.79 Å². The molecule has 2 heterocycles. The summed E-state index contributed by atoms with van der Waals surface area (Å²) in [4.78, 5) is 16.2. The highest BCUT2D eigenvalue weighted by Gasteiger charge is 2.24. The van der Waals surface area contributed by atoms with Gasteiger partial charge in [-0.25, -0.2) is 8.78 Å². The number of methoxy groups -OCH3 is 2. The van der Waals surface area contributed by atoms with E-state index >= 15 is 0 Å². The van der Waals surface area contributed by atoms with Gasteiger partial charge in [-0.15, -0.1) is 10.2 Å². The second-order valence-electron chi connectivity index (χ2n) is 7.25. The Kier molecular flexibility index (Phi) is 6.16.